The summed E-state index contributed by atoms with van der Waals surface area (Å²) in [6.07, 6.45) is 3.46. The Hall–Kier alpha value is -3.09. The summed E-state index contributed by atoms with van der Waals surface area (Å²) < 4.78 is 5.18. The highest BCUT2D eigenvalue weighted by atomic mass is 16.3. The second-order valence-corrected chi connectivity index (χ2v) is 8.40. The summed E-state index contributed by atoms with van der Waals surface area (Å²) in [5, 5.41) is 6.96. The first-order valence-corrected chi connectivity index (χ1v) is 11.9. The number of piperazine rings is 1. The van der Waals surface area contributed by atoms with Gasteiger partial charge in [-0.2, -0.15) is 0 Å². The van der Waals surface area contributed by atoms with Crippen molar-refractivity contribution in [1.29, 1.82) is 0 Å². The second-order valence-electron chi connectivity index (χ2n) is 8.40. The van der Waals surface area contributed by atoms with E-state index < -0.39 is 0 Å². The maximum Gasteiger partial charge on any atom is 0.253 e. The lowest BCUT2D eigenvalue weighted by Gasteiger charge is -2.36. The quantitative estimate of drug-likeness (QED) is 0.511. The number of hydrogen-bond acceptors (Lipinski definition) is 5. The summed E-state index contributed by atoms with van der Waals surface area (Å²) in [6, 6.07) is 19.0. The number of amides is 1. The third-order valence-electron chi connectivity index (χ3n) is 6.32. The summed E-state index contributed by atoms with van der Waals surface area (Å²) >= 11 is 0. The van der Waals surface area contributed by atoms with Crippen molar-refractivity contribution in [2.45, 2.75) is 26.4 Å². The van der Waals surface area contributed by atoms with Gasteiger partial charge in [-0.3, -0.25) is 9.69 Å². The monoisotopic (exact) mass is 446 g/mol. The van der Waals surface area contributed by atoms with Crippen LogP contribution in [0.15, 0.2) is 71.5 Å². The predicted octanol–water partition coefficient (Wildman–Crippen LogP) is 4.37. The van der Waals surface area contributed by atoms with Crippen LogP contribution in [0, 0.1) is 0 Å². The summed E-state index contributed by atoms with van der Waals surface area (Å²) in [4.78, 5) is 17.1. The zero-order valence-corrected chi connectivity index (χ0v) is 19.6. The Balaban J connectivity index is 1.59. The number of hydrogen-bond donors (Lipinski definition) is 2. The topological polar surface area (TPSA) is 60.8 Å². The van der Waals surface area contributed by atoms with Crippen LogP contribution < -0.4 is 10.6 Å². The summed E-state index contributed by atoms with van der Waals surface area (Å²) in [6.45, 7) is 10.1. The van der Waals surface area contributed by atoms with E-state index >= 15 is 0 Å². The van der Waals surface area contributed by atoms with Gasteiger partial charge < -0.3 is 20.0 Å². The fourth-order valence-corrected chi connectivity index (χ4v) is 4.47. The molecular weight excluding hydrogens is 412 g/mol. The molecule has 6 heteroatoms. The number of rotatable bonds is 9. The van der Waals surface area contributed by atoms with Crippen LogP contribution in [0.5, 0.6) is 0 Å². The molecule has 4 rings (SSSR count). The van der Waals surface area contributed by atoms with E-state index in [1.165, 1.54) is 11.1 Å². The standard InChI is InChI=1S/C27H34N4O2/c1-3-30(4-2)27(32)23-10-8-22(9-11-23)26(31-15-13-28-14-16-31)24-6-5-7-25(18-24)29-19-21-12-17-33-20-21/h5-12,17-18,20,26,28-29H,3-4,13-16,19H2,1-2H3/t26-/m1/s1. The van der Waals surface area contributed by atoms with E-state index in [-0.39, 0.29) is 11.9 Å². The lowest BCUT2D eigenvalue weighted by Crippen LogP contribution is -2.45. The Morgan fingerprint density at radius 1 is 1.06 bits per heavy atom. The molecule has 2 heterocycles. The first-order valence-electron chi connectivity index (χ1n) is 11.9. The first-order chi connectivity index (χ1) is 16.2. The van der Waals surface area contributed by atoms with Gasteiger partial charge in [0.15, 0.2) is 0 Å². The molecule has 1 aliphatic rings. The Labute approximate surface area is 196 Å². The van der Waals surface area contributed by atoms with Gasteiger partial charge in [-0.15, -0.1) is 0 Å². The van der Waals surface area contributed by atoms with Crippen LogP contribution in [0.25, 0.3) is 0 Å². The minimum absolute atomic E-state index is 0.0933. The molecule has 1 saturated heterocycles. The molecule has 33 heavy (non-hydrogen) atoms. The van der Waals surface area contributed by atoms with Gasteiger partial charge in [-0.25, -0.2) is 0 Å². The molecule has 0 unspecified atom stereocenters. The lowest BCUT2D eigenvalue weighted by molar-refractivity contribution is 0.0773. The van der Waals surface area contributed by atoms with Crippen molar-refractivity contribution in [1.82, 2.24) is 15.1 Å². The molecule has 174 valence electrons. The third kappa shape index (κ3) is 5.64. The van der Waals surface area contributed by atoms with E-state index in [0.29, 0.717) is 0 Å². The normalized spacial score (nSPS) is 15.2. The molecule has 0 spiro atoms. The first kappa shape index (κ1) is 23.1. The maximum absolute atomic E-state index is 12.8. The summed E-state index contributed by atoms with van der Waals surface area (Å²) in [7, 11) is 0. The van der Waals surface area contributed by atoms with Gasteiger partial charge in [-0.1, -0.05) is 24.3 Å². The van der Waals surface area contributed by atoms with Gasteiger partial charge >= 0.3 is 0 Å². The van der Waals surface area contributed by atoms with Gasteiger partial charge in [0.25, 0.3) is 5.91 Å². The maximum atomic E-state index is 12.8. The molecular formula is C27H34N4O2. The predicted molar refractivity (Wildman–Crippen MR) is 132 cm³/mol. The van der Waals surface area contributed by atoms with Gasteiger partial charge in [0, 0.05) is 62.6 Å². The van der Waals surface area contributed by atoms with Crippen LogP contribution in [-0.2, 0) is 6.54 Å². The van der Waals surface area contributed by atoms with Crippen LogP contribution in [0.4, 0.5) is 5.69 Å². The highest BCUT2D eigenvalue weighted by molar-refractivity contribution is 5.94. The zero-order chi connectivity index (χ0) is 23.0. The molecule has 1 aliphatic heterocycles. The summed E-state index contributed by atoms with van der Waals surface area (Å²) in [5.41, 5.74) is 5.41. The number of carbonyl (C=O) groups is 1. The Bertz CT molecular complexity index is 1010. The smallest absolute Gasteiger partial charge is 0.253 e. The van der Waals surface area contributed by atoms with E-state index in [4.69, 9.17) is 4.42 Å². The molecule has 2 aromatic carbocycles. The Kier molecular flexibility index (Phi) is 7.81. The van der Waals surface area contributed by atoms with Crippen molar-refractivity contribution < 1.29 is 9.21 Å². The van der Waals surface area contributed by atoms with E-state index in [2.05, 4.69) is 51.9 Å². The van der Waals surface area contributed by atoms with Crippen LogP contribution in [0.1, 0.15) is 46.9 Å². The highest BCUT2D eigenvalue weighted by Gasteiger charge is 2.24. The summed E-state index contributed by atoms with van der Waals surface area (Å²) in [5.74, 6) is 0.0933. The van der Waals surface area contributed by atoms with Crippen LogP contribution in [0.3, 0.4) is 0 Å². The largest absolute Gasteiger partial charge is 0.472 e. The number of carbonyl (C=O) groups excluding carboxylic acids is 1. The van der Waals surface area contributed by atoms with Crippen LogP contribution >= 0.6 is 0 Å². The highest BCUT2D eigenvalue weighted by Crippen LogP contribution is 2.31. The molecule has 3 aromatic rings. The molecule has 1 amide bonds. The van der Waals surface area contributed by atoms with Gasteiger partial charge in [0.05, 0.1) is 18.6 Å². The van der Waals surface area contributed by atoms with E-state index in [1.54, 1.807) is 12.5 Å². The molecule has 1 atom stereocenters. The number of nitrogens with zero attached hydrogens (tertiary/aromatic N) is 2. The van der Waals surface area contributed by atoms with Gasteiger partial charge in [0.1, 0.15) is 0 Å². The molecule has 0 saturated carbocycles. The second kappa shape index (κ2) is 11.2. The number of nitrogens with one attached hydrogen (secondary N) is 2. The van der Waals surface area contributed by atoms with Crippen molar-refractivity contribution in [3.63, 3.8) is 0 Å². The van der Waals surface area contributed by atoms with Crippen LogP contribution in [0.2, 0.25) is 0 Å². The average Bonchev–Trinajstić information content (AvgIpc) is 3.39. The Morgan fingerprint density at radius 3 is 2.48 bits per heavy atom. The molecule has 1 fully saturated rings. The van der Waals surface area contributed by atoms with Crippen LogP contribution in [-0.4, -0.2) is 55.0 Å². The van der Waals surface area contributed by atoms with E-state index in [0.717, 1.165) is 62.6 Å². The van der Waals surface area contributed by atoms with Gasteiger partial charge in [0.2, 0.25) is 0 Å². The van der Waals surface area contributed by atoms with Crippen molar-refractivity contribution in [2.24, 2.45) is 0 Å². The average molecular weight is 447 g/mol. The van der Waals surface area contributed by atoms with Crippen molar-refractivity contribution in [2.75, 3.05) is 44.6 Å². The minimum atomic E-state index is 0.0933. The number of benzene rings is 2. The lowest BCUT2D eigenvalue weighted by atomic mass is 9.95. The van der Waals surface area contributed by atoms with Gasteiger partial charge in [-0.05, 0) is 55.3 Å². The van der Waals surface area contributed by atoms with Crippen molar-refractivity contribution in [3.8, 4) is 0 Å². The Morgan fingerprint density at radius 2 is 1.82 bits per heavy atom. The minimum Gasteiger partial charge on any atom is -0.472 e. The van der Waals surface area contributed by atoms with Crippen molar-refractivity contribution in [3.05, 3.63) is 89.4 Å². The molecule has 0 aliphatic carbocycles. The van der Waals surface area contributed by atoms with E-state index in [1.807, 2.05) is 36.9 Å². The fraction of sp³-hybridized carbons (Fsp3) is 0.370. The number of anilines is 1. The van der Waals surface area contributed by atoms with E-state index in [9.17, 15) is 4.79 Å². The zero-order valence-electron chi connectivity index (χ0n) is 19.6. The number of furan rings is 1. The van der Waals surface area contributed by atoms with Crippen molar-refractivity contribution >= 4 is 11.6 Å². The molecule has 0 bridgehead atoms. The SMILES string of the molecule is CCN(CC)C(=O)c1ccc([C@H](c2cccc(NCc3ccoc3)c2)N2CCNCC2)cc1. The molecule has 6 nitrogen and oxygen atoms in total. The fourth-order valence-electron chi connectivity index (χ4n) is 4.47. The third-order valence-corrected chi connectivity index (χ3v) is 6.32. The molecule has 2 N–H and O–H groups in total. The molecule has 0 radical (unpaired) electrons. The molecule has 1 aromatic heterocycles.